The normalized spacial score (nSPS) is 19.5. The third-order valence-electron chi connectivity index (χ3n) is 7.47. The molecule has 1 atom stereocenters. The zero-order valence-electron chi connectivity index (χ0n) is 21.8. The Morgan fingerprint density at radius 3 is 2.24 bits per heavy atom. The zero-order valence-corrected chi connectivity index (χ0v) is 23.4. The maximum atomic E-state index is 13.4. The van der Waals surface area contributed by atoms with E-state index in [4.69, 9.17) is 0 Å². The molecule has 0 radical (unpaired) electrons. The van der Waals surface area contributed by atoms with Crippen molar-refractivity contribution in [1.29, 1.82) is 0 Å². The Labute approximate surface area is 224 Å². The van der Waals surface area contributed by atoms with Gasteiger partial charge in [0.05, 0.1) is 17.5 Å². The summed E-state index contributed by atoms with van der Waals surface area (Å²) in [4.78, 5) is 19.2. The van der Waals surface area contributed by atoms with E-state index >= 15 is 0 Å². The van der Waals surface area contributed by atoms with Crippen LogP contribution in [-0.4, -0.2) is 67.7 Å². The highest BCUT2D eigenvalue weighted by atomic mass is 32.2. The average molecular weight is 538 g/mol. The molecule has 6 nitrogen and oxygen atoms in total. The Bertz CT molecular complexity index is 1340. The Hall–Kier alpha value is -2.52. The van der Waals surface area contributed by atoms with E-state index in [2.05, 4.69) is 49.3 Å². The van der Waals surface area contributed by atoms with E-state index in [0.29, 0.717) is 37.6 Å². The molecule has 3 aromatic rings. The van der Waals surface area contributed by atoms with Gasteiger partial charge in [-0.1, -0.05) is 63.2 Å². The summed E-state index contributed by atoms with van der Waals surface area (Å²) in [5, 5.41) is 2.14. The summed E-state index contributed by atoms with van der Waals surface area (Å²) in [7, 11) is -3.59. The number of nitrogens with zero attached hydrogens (tertiary/aromatic N) is 3. The molecule has 1 unspecified atom stereocenters. The lowest BCUT2D eigenvalue weighted by Crippen LogP contribution is -2.53. The molecule has 1 saturated heterocycles. The molecule has 2 aliphatic heterocycles. The quantitative estimate of drug-likeness (QED) is 0.480. The lowest BCUT2D eigenvalue weighted by molar-refractivity contribution is -0.134. The van der Waals surface area contributed by atoms with Crippen LogP contribution in [0.3, 0.4) is 0 Å². The molecule has 2 aromatic carbocycles. The van der Waals surface area contributed by atoms with Crippen molar-refractivity contribution in [2.24, 2.45) is 0 Å². The van der Waals surface area contributed by atoms with Gasteiger partial charge in [0, 0.05) is 37.6 Å². The van der Waals surface area contributed by atoms with Crippen LogP contribution in [0.5, 0.6) is 0 Å². The fraction of sp³-hybridized carbons (Fsp3) is 0.414. The topological polar surface area (TPSA) is 60.9 Å². The number of sulfonamides is 1. The van der Waals surface area contributed by atoms with Crippen molar-refractivity contribution in [1.82, 2.24) is 14.1 Å². The fourth-order valence-electron chi connectivity index (χ4n) is 5.29. The molecule has 1 aromatic heterocycles. The molecular formula is C29H35N3O3S2. The highest BCUT2D eigenvalue weighted by Gasteiger charge is 2.34. The minimum absolute atomic E-state index is 0.0346. The van der Waals surface area contributed by atoms with Gasteiger partial charge in [0.1, 0.15) is 0 Å². The number of benzene rings is 2. The summed E-state index contributed by atoms with van der Waals surface area (Å²) in [6.07, 6.45) is 0.948. The summed E-state index contributed by atoms with van der Waals surface area (Å²) in [6.45, 7) is 8.93. The maximum absolute atomic E-state index is 13.4. The number of amides is 1. The van der Waals surface area contributed by atoms with Crippen molar-refractivity contribution in [2.45, 2.75) is 43.5 Å². The van der Waals surface area contributed by atoms with E-state index in [9.17, 15) is 13.2 Å². The van der Waals surface area contributed by atoms with Gasteiger partial charge in [0.15, 0.2) is 0 Å². The summed E-state index contributed by atoms with van der Waals surface area (Å²) in [5.74, 6) is 0.0613. The molecule has 5 rings (SSSR count). The van der Waals surface area contributed by atoms with Gasteiger partial charge in [0.2, 0.25) is 15.9 Å². The Kier molecular flexibility index (Phi) is 7.29. The van der Waals surface area contributed by atoms with Crippen LogP contribution in [0.25, 0.3) is 0 Å². The second-order valence-corrected chi connectivity index (χ2v) is 13.8. The third-order valence-corrected chi connectivity index (χ3v) is 10.4. The summed E-state index contributed by atoms with van der Waals surface area (Å²) < 4.78 is 28.0. The van der Waals surface area contributed by atoms with Gasteiger partial charge in [-0.25, -0.2) is 8.42 Å². The molecule has 0 N–H and O–H groups in total. The lowest BCUT2D eigenvalue weighted by Gasteiger charge is -2.39. The Balaban J connectivity index is 1.24. The Morgan fingerprint density at radius 1 is 0.919 bits per heavy atom. The summed E-state index contributed by atoms with van der Waals surface area (Å²) in [6, 6.07) is 19.8. The number of thiophene rings is 1. The SMILES string of the molecule is CC(C)(C)c1ccc(S(=O)(=O)N2CCN(C(=O)CN3CCc4sccc4C3c3ccccc3)CC2)cc1. The van der Waals surface area contributed by atoms with Crippen LogP contribution < -0.4 is 0 Å². The van der Waals surface area contributed by atoms with Crippen molar-refractivity contribution in [2.75, 3.05) is 39.3 Å². The van der Waals surface area contributed by atoms with E-state index in [1.165, 1.54) is 20.3 Å². The van der Waals surface area contributed by atoms with Gasteiger partial charge in [-0.05, 0) is 52.1 Å². The van der Waals surface area contributed by atoms with Gasteiger partial charge >= 0.3 is 0 Å². The first kappa shape index (κ1) is 26.1. The van der Waals surface area contributed by atoms with Crippen LogP contribution in [0.4, 0.5) is 0 Å². The molecule has 196 valence electrons. The van der Waals surface area contributed by atoms with Crippen molar-refractivity contribution in [3.63, 3.8) is 0 Å². The molecule has 1 amide bonds. The smallest absolute Gasteiger partial charge is 0.243 e. The van der Waals surface area contributed by atoms with Crippen molar-refractivity contribution >= 4 is 27.3 Å². The van der Waals surface area contributed by atoms with Crippen molar-refractivity contribution in [3.8, 4) is 0 Å². The molecule has 8 heteroatoms. The molecule has 3 heterocycles. The van der Waals surface area contributed by atoms with Crippen LogP contribution in [0, 0.1) is 0 Å². The molecule has 37 heavy (non-hydrogen) atoms. The van der Waals surface area contributed by atoms with Gasteiger partial charge in [-0.2, -0.15) is 4.31 Å². The van der Waals surface area contributed by atoms with Crippen LogP contribution in [0.1, 0.15) is 48.4 Å². The third kappa shape index (κ3) is 5.39. The summed E-state index contributed by atoms with van der Waals surface area (Å²) in [5.41, 5.74) is 3.56. The first-order valence-corrected chi connectivity index (χ1v) is 15.2. The molecule has 0 bridgehead atoms. The van der Waals surface area contributed by atoms with Gasteiger partial charge in [-0.3, -0.25) is 9.69 Å². The number of hydrogen-bond acceptors (Lipinski definition) is 5. The predicted octanol–water partition coefficient (Wildman–Crippen LogP) is 4.53. The maximum Gasteiger partial charge on any atom is 0.243 e. The first-order valence-electron chi connectivity index (χ1n) is 12.9. The standard InChI is InChI=1S/C29H35N3O3S2/c1-29(2,3)23-9-11-24(12-10-23)37(34,35)32-18-16-30(17-19-32)27(33)21-31-15-13-26-25(14-20-36-26)28(31)22-7-5-4-6-8-22/h4-12,14,20,28H,13,15-19,21H2,1-3H3. The minimum atomic E-state index is -3.59. The molecule has 0 saturated carbocycles. The van der Waals surface area contributed by atoms with E-state index in [1.54, 1.807) is 23.5 Å². The van der Waals surface area contributed by atoms with Crippen LogP contribution in [0.15, 0.2) is 70.9 Å². The van der Waals surface area contributed by atoms with E-state index in [0.717, 1.165) is 18.5 Å². The molecular weight excluding hydrogens is 502 g/mol. The van der Waals surface area contributed by atoms with Crippen molar-refractivity contribution < 1.29 is 13.2 Å². The van der Waals surface area contributed by atoms with Gasteiger partial charge in [0.25, 0.3) is 0 Å². The van der Waals surface area contributed by atoms with E-state index in [-0.39, 0.29) is 17.4 Å². The van der Waals surface area contributed by atoms with Gasteiger partial charge in [-0.15, -0.1) is 11.3 Å². The number of hydrogen-bond donors (Lipinski definition) is 0. The molecule has 1 fully saturated rings. The number of rotatable bonds is 5. The molecule has 0 aliphatic carbocycles. The number of carbonyl (C=O) groups is 1. The average Bonchev–Trinajstić information content (AvgIpc) is 3.37. The number of piperazine rings is 1. The van der Waals surface area contributed by atoms with Crippen LogP contribution in [-0.2, 0) is 26.7 Å². The predicted molar refractivity (Wildman–Crippen MR) is 148 cm³/mol. The second-order valence-electron chi connectivity index (χ2n) is 10.9. The first-order chi connectivity index (χ1) is 17.6. The largest absolute Gasteiger partial charge is 0.339 e. The summed E-state index contributed by atoms with van der Waals surface area (Å²) >= 11 is 1.79. The Morgan fingerprint density at radius 2 is 1.59 bits per heavy atom. The number of fused-ring (bicyclic) bond motifs is 1. The fourth-order valence-corrected chi connectivity index (χ4v) is 7.62. The highest BCUT2D eigenvalue weighted by molar-refractivity contribution is 7.89. The van der Waals surface area contributed by atoms with Crippen molar-refractivity contribution in [3.05, 3.63) is 87.6 Å². The highest BCUT2D eigenvalue weighted by Crippen LogP contribution is 2.37. The van der Waals surface area contributed by atoms with E-state index < -0.39 is 10.0 Å². The lowest BCUT2D eigenvalue weighted by atomic mass is 9.87. The zero-order chi connectivity index (χ0) is 26.2. The van der Waals surface area contributed by atoms with Crippen LogP contribution >= 0.6 is 11.3 Å². The minimum Gasteiger partial charge on any atom is -0.339 e. The molecule has 0 spiro atoms. The van der Waals surface area contributed by atoms with Crippen LogP contribution in [0.2, 0.25) is 0 Å². The number of carbonyl (C=O) groups excluding carboxylic acids is 1. The van der Waals surface area contributed by atoms with E-state index in [1.807, 2.05) is 35.2 Å². The second kappa shape index (κ2) is 10.3. The molecule has 2 aliphatic rings. The monoisotopic (exact) mass is 537 g/mol. The van der Waals surface area contributed by atoms with Gasteiger partial charge < -0.3 is 4.90 Å².